The number of hydrogen-bond donors (Lipinski definition) is 1. The molecule has 8 nitrogen and oxygen atoms in total. The predicted molar refractivity (Wildman–Crippen MR) is 103 cm³/mol. The van der Waals surface area contributed by atoms with Crippen LogP contribution in [0.15, 0.2) is 36.5 Å². The van der Waals surface area contributed by atoms with Gasteiger partial charge in [-0.2, -0.15) is 0 Å². The normalized spacial score (nSPS) is 18.1. The van der Waals surface area contributed by atoms with Crippen LogP contribution in [0.2, 0.25) is 0 Å². The van der Waals surface area contributed by atoms with Crippen molar-refractivity contribution in [3.63, 3.8) is 0 Å². The standard InChI is InChI=1S/C18H22N4O4S/c1-3-22(13-9-11-27(24,25)12-13)18-19-10-8-15(21-18)17(23)20-14-6-4-5-7-16(14)26-2/h4-8,10,13H,3,9,11-12H2,1-2H3,(H,20,23). The smallest absolute Gasteiger partial charge is 0.274 e. The molecular formula is C18H22N4O4S. The fourth-order valence-corrected chi connectivity index (χ4v) is 4.86. The second-order valence-electron chi connectivity index (χ2n) is 6.24. The van der Waals surface area contributed by atoms with Gasteiger partial charge in [0, 0.05) is 18.8 Å². The van der Waals surface area contributed by atoms with Crippen molar-refractivity contribution in [1.82, 2.24) is 9.97 Å². The maximum Gasteiger partial charge on any atom is 0.274 e. The van der Waals surface area contributed by atoms with E-state index in [4.69, 9.17) is 4.74 Å². The number of hydrogen-bond acceptors (Lipinski definition) is 7. The number of para-hydroxylation sites is 2. The fraction of sp³-hybridized carbons (Fsp3) is 0.389. The molecule has 1 N–H and O–H groups in total. The quantitative estimate of drug-likeness (QED) is 0.802. The highest BCUT2D eigenvalue weighted by Crippen LogP contribution is 2.24. The van der Waals surface area contributed by atoms with E-state index in [2.05, 4.69) is 15.3 Å². The molecule has 1 unspecified atom stereocenters. The van der Waals surface area contributed by atoms with Crippen molar-refractivity contribution in [1.29, 1.82) is 0 Å². The average molecular weight is 390 g/mol. The van der Waals surface area contributed by atoms with E-state index in [0.29, 0.717) is 30.4 Å². The first-order chi connectivity index (χ1) is 12.9. The Hall–Kier alpha value is -2.68. The third kappa shape index (κ3) is 4.36. The number of nitrogens with one attached hydrogen (secondary N) is 1. The average Bonchev–Trinajstić information content (AvgIpc) is 3.02. The van der Waals surface area contributed by atoms with E-state index in [1.807, 2.05) is 17.9 Å². The van der Waals surface area contributed by atoms with Gasteiger partial charge in [0.2, 0.25) is 5.95 Å². The summed E-state index contributed by atoms with van der Waals surface area (Å²) in [4.78, 5) is 23.0. The van der Waals surface area contributed by atoms with Crippen molar-refractivity contribution in [2.24, 2.45) is 0 Å². The fourth-order valence-electron chi connectivity index (χ4n) is 3.13. The number of carbonyl (C=O) groups excluding carboxylic acids is 1. The van der Waals surface area contributed by atoms with E-state index in [1.54, 1.807) is 18.2 Å². The molecule has 2 heterocycles. The zero-order valence-corrected chi connectivity index (χ0v) is 16.1. The van der Waals surface area contributed by atoms with Gasteiger partial charge in [-0.15, -0.1) is 0 Å². The second kappa shape index (κ2) is 7.91. The van der Waals surface area contributed by atoms with Crippen LogP contribution in [0.1, 0.15) is 23.8 Å². The number of nitrogens with zero attached hydrogens (tertiary/aromatic N) is 3. The molecular weight excluding hydrogens is 368 g/mol. The third-order valence-corrected chi connectivity index (χ3v) is 6.23. The van der Waals surface area contributed by atoms with Crippen LogP contribution in [0.25, 0.3) is 0 Å². The van der Waals surface area contributed by atoms with Crippen LogP contribution < -0.4 is 15.0 Å². The molecule has 1 atom stereocenters. The SMILES string of the molecule is CCN(c1nccc(C(=O)Nc2ccccc2OC)n1)C1CCS(=O)(=O)C1. The molecule has 0 bridgehead atoms. The molecule has 1 aliphatic rings. The van der Waals surface area contributed by atoms with Gasteiger partial charge >= 0.3 is 0 Å². The number of anilines is 2. The Morgan fingerprint density at radius 3 is 2.78 bits per heavy atom. The summed E-state index contributed by atoms with van der Waals surface area (Å²) in [5.74, 6) is 0.765. The van der Waals surface area contributed by atoms with Gasteiger partial charge in [-0.3, -0.25) is 4.79 Å². The van der Waals surface area contributed by atoms with Crippen LogP contribution in [-0.2, 0) is 9.84 Å². The Morgan fingerprint density at radius 2 is 2.11 bits per heavy atom. The number of amides is 1. The summed E-state index contributed by atoms with van der Waals surface area (Å²) < 4.78 is 28.8. The van der Waals surface area contributed by atoms with Crippen LogP contribution in [-0.4, -0.2) is 55.5 Å². The maximum atomic E-state index is 12.6. The van der Waals surface area contributed by atoms with Crippen LogP contribution in [0.4, 0.5) is 11.6 Å². The van der Waals surface area contributed by atoms with Crippen molar-refractivity contribution in [3.05, 3.63) is 42.2 Å². The highest BCUT2D eigenvalue weighted by molar-refractivity contribution is 7.91. The first kappa shape index (κ1) is 19.1. The Balaban J connectivity index is 1.81. The molecule has 1 aliphatic heterocycles. The lowest BCUT2D eigenvalue weighted by molar-refractivity contribution is 0.102. The number of methoxy groups -OCH3 is 1. The van der Waals surface area contributed by atoms with Crippen molar-refractivity contribution >= 4 is 27.4 Å². The Kier molecular flexibility index (Phi) is 5.59. The molecule has 0 spiro atoms. The van der Waals surface area contributed by atoms with Gasteiger partial charge < -0.3 is 15.0 Å². The summed E-state index contributed by atoms with van der Waals surface area (Å²) in [5, 5.41) is 2.78. The molecule has 1 aromatic heterocycles. The highest BCUT2D eigenvalue weighted by Gasteiger charge is 2.33. The number of aromatic nitrogens is 2. The molecule has 1 amide bonds. The molecule has 2 aromatic rings. The van der Waals surface area contributed by atoms with E-state index in [1.165, 1.54) is 19.4 Å². The summed E-state index contributed by atoms with van der Waals surface area (Å²) in [6.07, 6.45) is 2.04. The Labute approximate surface area is 158 Å². The summed E-state index contributed by atoms with van der Waals surface area (Å²) in [6.45, 7) is 2.47. The predicted octanol–water partition coefficient (Wildman–Crippen LogP) is 1.75. The topological polar surface area (TPSA) is 101 Å². The van der Waals surface area contributed by atoms with E-state index in [-0.39, 0.29) is 23.2 Å². The summed E-state index contributed by atoms with van der Waals surface area (Å²) in [5.41, 5.74) is 0.740. The van der Waals surface area contributed by atoms with Gasteiger partial charge in [0.25, 0.3) is 5.91 Å². The van der Waals surface area contributed by atoms with Gasteiger partial charge in [0.05, 0.1) is 24.3 Å². The molecule has 144 valence electrons. The van der Waals surface area contributed by atoms with E-state index in [9.17, 15) is 13.2 Å². The number of benzene rings is 1. The molecule has 3 rings (SSSR count). The molecule has 9 heteroatoms. The van der Waals surface area contributed by atoms with Crippen molar-refractivity contribution < 1.29 is 17.9 Å². The Bertz CT molecular complexity index is 932. The molecule has 1 fully saturated rings. The highest BCUT2D eigenvalue weighted by atomic mass is 32.2. The zero-order valence-electron chi connectivity index (χ0n) is 15.3. The number of sulfone groups is 1. The summed E-state index contributed by atoms with van der Waals surface area (Å²) >= 11 is 0. The minimum Gasteiger partial charge on any atom is -0.495 e. The van der Waals surface area contributed by atoms with Gasteiger partial charge in [-0.25, -0.2) is 18.4 Å². The van der Waals surface area contributed by atoms with Crippen molar-refractivity contribution in [2.75, 3.05) is 35.4 Å². The van der Waals surface area contributed by atoms with Gasteiger partial charge in [0.1, 0.15) is 11.4 Å². The second-order valence-corrected chi connectivity index (χ2v) is 8.47. The first-order valence-corrected chi connectivity index (χ1v) is 10.5. The molecule has 0 saturated carbocycles. The third-order valence-electron chi connectivity index (χ3n) is 4.48. The summed E-state index contributed by atoms with van der Waals surface area (Å²) in [6, 6.07) is 8.44. The Morgan fingerprint density at radius 1 is 1.33 bits per heavy atom. The van der Waals surface area contributed by atoms with E-state index >= 15 is 0 Å². The van der Waals surface area contributed by atoms with Crippen LogP contribution >= 0.6 is 0 Å². The number of ether oxygens (including phenoxy) is 1. The molecule has 0 aliphatic carbocycles. The molecule has 1 saturated heterocycles. The zero-order chi connectivity index (χ0) is 19.4. The molecule has 0 radical (unpaired) electrons. The van der Waals surface area contributed by atoms with Gasteiger partial charge in [0.15, 0.2) is 9.84 Å². The van der Waals surface area contributed by atoms with Gasteiger partial charge in [-0.1, -0.05) is 12.1 Å². The van der Waals surface area contributed by atoms with Crippen LogP contribution in [0.5, 0.6) is 5.75 Å². The largest absolute Gasteiger partial charge is 0.495 e. The lowest BCUT2D eigenvalue weighted by Gasteiger charge is -2.26. The van der Waals surface area contributed by atoms with Crippen LogP contribution in [0.3, 0.4) is 0 Å². The maximum absolute atomic E-state index is 12.6. The minimum absolute atomic E-state index is 0.0852. The molecule has 27 heavy (non-hydrogen) atoms. The van der Waals surface area contributed by atoms with E-state index in [0.717, 1.165) is 0 Å². The van der Waals surface area contributed by atoms with Crippen molar-refractivity contribution in [3.8, 4) is 5.75 Å². The number of rotatable bonds is 6. The van der Waals surface area contributed by atoms with Crippen molar-refractivity contribution in [2.45, 2.75) is 19.4 Å². The minimum atomic E-state index is -3.02. The van der Waals surface area contributed by atoms with Crippen LogP contribution in [0, 0.1) is 0 Å². The lowest BCUT2D eigenvalue weighted by atomic mass is 10.2. The number of carbonyl (C=O) groups is 1. The first-order valence-electron chi connectivity index (χ1n) is 8.68. The monoisotopic (exact) mass is 390 g/mol. The molecule has 1 aromatic carbocycles. The lowest BCUT2D eigenvalue weighted by Crippen LogP contribution is -2.37. The van der Waals surface area contributed by atoms with Gasteiger partial charge in [-0.05, 0) is 31.5 Å². The van der Waals surface area contributed by atoms with E-state index < -0.39 is 15.7 Å². The summed E-state index contributed by atoms with van der Waals surface area (Å²) in [7, 11) is -1.49.